The largest absolute Gasteiger partial charge is 0.409 e. The highest BCUT2D eigenvalue weighted by molar-refractivity contribution is 9.09. The van der Waals surface area contributed by atoms with Crippen molar-refractivity contribution < 1.29 is 9.16 Å². The Bertz CT molecular complexity index is 598. The number of hydrogen-bond acceptors (Lipinski definition) is 2. The van der Waals surface area contributed by atoms with E-state index in [1.54, 1.807) is 0 Å². The van der Waals surface area contributed by atoms with E-state index in [0.29, 0.717) is 6.61 Å². The average molecular weight is 454 g/mol. The van der Waals surface area contributed by atoms with E-state index in [9.17, 15) is 0 Å². The van der Waals surface area contributed by atoms with E-state index in [0.717, 1.165) is 24.4 Å². The maximum absolute atomic E-state index is 6.36. The Kier molecular flexibility index (Phi) is 10.7. The first-order chi connectivity index (χ1) is 12.2. The summed E-state index contributed by atoms with van der Waals surface area (Å²) in [6, 6.07) is 10.3. The van der Waals surface area contributed by atoms with E-state index < -0.39 is 16.4 Å². The molecule has 5 heteroatoms. The van der Waals surface area contributed by atoms with Gasteiger partial charge in [0.15, 0.2) is 8.32 Å². The zero-order valence-electron chi connectivity index (χ0n) is 16.8. The summed E-state index contributed by atoms with van der Waals surface area (Å²) in [5.41, 5.74) is 4.65. The van der Waals surface area contributed by atoms with Crippen LogP contribution in [0.5, 0.6) is 0 Å². The SMILES string of the molecule is C[Si](C)(C)C#CC[C@@H](/C=C/CCOCc1ccccc1)O[Si](C)(C)CBr. The Hall–Kier alpha value is -0.646. The normalized spacial score (nSPS) is 13.5. The van der Waals surface area contributed by atoms with E-state index in [2.05, 4.69) is 84.4 Å². The molecule has 0 amide bonds. The minimum Gasteiger partial charge on any atom is -0.409 e. The van der Waals surface area contributed by atoms with Gasteiger partial charge in [0.25, 0.3) is 0 Å². The number of halogens is 1. The van der Waals surface area contributed by atoms with Gasteiger partial charge in [0.1, 0.15) is 8.07 Å². The maximum Gasteiger partial charge on any atom is 0.197 e. The molecule has 0 N–H and O–H groups in total. The highest BCUT2D eigenvalue weighted by atomic mass is 79.9. The van der Waals surface area contributed by atoms with E-state index in [1.807, 2.05) is 18.2 Å². The summed E-state index contributed by atoms with van der Waals surface area (Å²) < 4.78 is 12.1. The van der Waals surface area contributed by atoms with E-state index in [1.165, 1.54) is 5.56 Å². The minimum absolute atomic E-state index is 0.0761. The fourth-order valence-electron chi connectivity index (χ4n) is 2.17. The Balaban J connectivity index is 2.46. The van der Waals surface area contributed by atoms with Crippen molar-refractivity contribution in [2.75, 3.05) is 11.6 Å². The van der Waals surface area contributed by atoms with Crippen LogP contribution >= 0.6 is 15.9 Å². The predicted octanol–water partition coefficient (Wildman–Crippen LogP) is 5.94. The van der Waals surface area contributed by atoms with Crippen molar-refractivity contribution in [2.24, 2.45) is 0 Å². The molecule has 0 bridgehead atoms. The van der Waals surface area contributed by atoms with Crippen molar-refractivity contribution in [3.8, 4) is 11.5 Å². The highest BCUT2D eigenvalue weighted by Crippen LogP contribution is 2.14. The van der Waals surface area contributed by atoms with Gasteiger partial charge in [-0.3, -0.25) is 0 Å². The van der Waals surface area contributed by atoms with Crippen LogP contribution in [0.25, 0.3) is 0 Å². The molecule has 0 fully saturated rings. The van der Waals surface area contributed by atoms with Crippen molar-refractivity contribution in [1.29, 1.82) is 0 Å². The average Bonchev–Trinajstić information content (AvgIpc) is 2.57. The van der Waals surface area contributed by atoms with Gasteiger partial charge in [-0.2, -0.15) is 0 Å². The molecule has 0 unspecified atom stereocenters. The molecular formula is C21H33BrO2Si2. The van der Waals surface area contributed by atoms with Gasteiger partial charge in [-0.05, 0) is 25.1 Å². The second-order valence-corrected chi connectivity index (χ2v) is 18.5. The maximum atomic E-state index is 6.36. The molecule has 26 heavy (non-hydrogen) atoms. The molecule has 0 aliphatic carbocycles. The van der Waals surface area contributed by atoms with Gasteiger partial charge in [-0.1, -0.05) is 78.1 Å². The van der Waals surface area contributed by atoms with Gasteiger partial charge >= 0.3 is 0 Å². The van der Waals surface area contributed by atoms with Gasteiger partial charge in [-0.25, -0.2) is 0 Å². The lowest BCUT2D eigenvalue weighted by atomic mass is 10.2. The topological polar surface area (TPSA) is 18.5 Å². The Morgan fingerprint density at radius 3 is 2.42 bits per heavy atom. The van der Waals surface area contributed by atoms with Crippen LogP contribution < -0.4 is 0 Å². The third-order valence-corrected chi connectivity index (χ3v) is 10.0. The molecule has 0 aliphatic heterocycles. The molecule has 1 aromatic rings. The Morgan fingerprint density at radius 2 is 1.81 bits per heavy atom. The standard InChI is InChI=1S/C21H33BrO2Si2/c1-25(2,3)17-11-15-21(24-26(4,5)19-22)14-9-10-16-23-18-20-12-7-6-8-13-20/h6-9,12-14,21H,10,15-16,18-19H2,1-5H3/b14-9+/t21-/m1/s1. The van der Waals surface area contributed by atoms with Crippen LogP contribution in [0.15, 0.2) is 42.5 Å². The molecule has 144 valence electrons. The fourth-order valence-corrected chi connectivity index (χ4v) is 4.24. The van der Waals surface area contributed by atoms with Gasteiger partial charge < -0.3 is 9.16 Å². The number of rotatable bonds is 10. The van der Waals surface area contributed by atoms with Crippen LogP contribution in [0.1, 0.15) is 18.4 Å². The summed E-state index contributed by atoms with van der Waals surface area (Å²) in [6.07, 6.45) is 6.08. The van der Waals surface area contributed by atoms with Crippen molar-refractivity contribution >= 4 is 32.3 Å². The predicted molar refractivity (Wildman–Crippen MR) is 122 cm³/mol. The lowest BCUT2D eigenvalue weighted by Gasteiger charge is -2.25. The fraction of sp³-hybridized carbons (Fsp3) is 0.524. The second-order valence-electron chi connectivity index (χ2n) is 8.06. The summed E-state index contributed by atoms with van der Waals surface area (Å²) in [6.45, 7) is 12.7. The van der Waals surface area contributed by atoms with Crippen LogP contribution in [-0.2, 0) is 15.8 Å². The number of hydrogen-bond donors (Lipinski definition) is 0. The zero-order chi connectivity index (χ0) is 19.5. The van der Waals surface area contributed by atoms with Gasteiger partial charge in [0, 0.05) is 11.4 Å². The number of ether oxygens (including phenoxy) is 1. The second kappa shape index (κ2) is 11.9. The molecule has 1 rings (SSSR count). The summed E-state index contributed by atoms with van der Waals surface area (Å²) in [5.74, 6) is 3.36. The Labute approximate surface area is 170 Å². The Morgan fingerprint density at radius 1 is 1.12 bits per heavy atom. The molecule has 1 atom stereocenters. The van der Waals surface area contributed by atoms with Crippen molar-refractivity contribution in [1.82, 2.24) is 0 Å². The molecule has 0 saturated heterocycles. The molecule has 0 radical (unpaired) electrons. The summed E-state index contributed by atoms with van der Waals surface area (Å²) in [7, 11) is -3.01. The molecule has 1 aromatic carbocycles. The van der Waals surface area contributed by atoms with Crippen LogP contribution in [0.2, 0.25) is 32.7 Å². The van der Waals surface area contributed by atoms with Gasteiger partial charge in [0.05, 0.1) is 19.3 Å². The molecule has 0 spiro atoms. The van der Waals surface area contributed by atoms with Crippen LogP contribution in [-0.4, -0.2) is 34.1 Å². The third kappa shape index (κ3) is 11.9. The first kappa shape index (κ1) is 23.4. The smallest absolute Gasteiger partial charge is 0.197 e. The monoisotopic (exact) mass is 452 g/mol. The summed E-state index contributed by atoms with van der Waals surface area (Å²) in [5, 5.41) is 0. The van der Waals surface area contributed by atoms with E-state index >= 15 is 0 Å². The lowest BCUT2D eigenvalue weighted by Crippen LogP contribution is -2.37. The van der Waals surface area contributed by atoms with Gasteiger partial charge in [-0.15, -0.1) is 11.5 Å². The van der Waals surface area contributed by atoms with Crippen molar-refractivity contribution in [3.05, 3.63) is 48.0 Å². The van der Waals surface area contributed by atoms with Crippen LogP contribution in [0.3, 0.4) is 0 Å². The van der Waals surface area contributed by atoms with Crippen LogP contribution in [0, 0.1) is 11.5 Å². The zero-order valence-corrected chi connectivity index (χ0v) is 20.4. The number of benzene rings is 1. The van der Waals surface area contributed by atoms with Crippen molar-refractivity contribution in [2.45, 2.75) is 58.3 Å². The number of alkyl halides is 1. The molecule has 2 nitrogen and oxygen atoms in total. The van der Waals surface area contributed by atoms with Gasteiger partial charge in [0.2, 0.25) is 0 Å². The third-order valence-electron chi connectivity index (χ3n) is 3.45. The van der Waals surface area contributed by atoms with Crippen LogP contribution in [0.4, 0.5) is 0 Å². The molecule has 0 saturated carbocycles. The molecule has 0 aliphatic rings. The summed E-state index contributed by atoms with van der Waals surface area (Å²) >= 11 is 3.59. The quantitative estimate of drug-likeness (QED) is 0.143. The lowest BCUT2D eigenvalue weighted by molar-refractivity contribution is 0.125. The van der Waals surface area contributed by atoms with Crippen molar-refractivity contribution in [3.63, 3.8) is 0 Å². The minimum atomic E-state index is -1.68. The van der Waals surface area contributed by atoms with E-state index in [-0.39, 0.29) is 6.10 Å². The highest BCUT2D eigenvalue weighted by Gasteiger charge is 2.24. The summed E-state index contributed by atoms with van der Waals surface area (Å²) in [4.78, 5) is 0.936. The first-order valence-corrected chi connectivity index (χ1v) is 17.0. The molecule has 0 aromatic heterocycles. The first-order valence-electron chi connectivity index (χ1n) is 9.24. The van der Waals surface area contributed by atoms with E-state index in [4.69, 9.17) is 9.16 Å². The molecular weight excluding hydrogens is 420 g/mol. The molecule has 0 heterocycles.